The standard InChI is InChI=1S/C15H23N3O/c1-2-3-15-17-11-9-16-7-6-12(11)18(15)13-8-10-4-5-14(13)19-10/h10,13-14,16H,2-9H2,1H3. The highest BCUT2D eigenvalue weighted by molar-refractivity contribution is 5.22. The highest BCUT2D eigenvalue weighted by Crippen LogP contribution is 2.43. The highest BCUT2D eigenvalue weighted by atomic mass is 16.5. The Bertz CT molecular complexity index is 482. The minimum atomic E-state index is 0.453. The van der Waals surface area contributed by atoms with E-state index in [1.54, 1.807) is 0 Å². The van der Waals surface area contributed by atoms with Gasteiger partial charge in [-0.1, -0.05) is 6.92 Å². The number of ether oxygens (including phenoxy) is 1. The van der Waals surface area contributed by atoms with Crippen LogP contribution in [0.2, 0.25) is 0 Å². The van der Waals surface area contributed by atoms with E-state index in [0.717, 1.165) is 25.9 Å². The Hall–Kier alpha value is -0.870. The first kappa shape index (κ1) is 11.9. The molecule has 0 aliphatic carbocycles. The second-order valence-electron chi connectivity index (χ2n) is 6.15. The second kappa shape index (κ2) is 4.60. The van der Waals surface area contributed by atoms with Crippen molar-refractivity contribution in [1.29, 1.82) is 0 Å². The summed E-state index contributed by atoms with van der Waals surface area (Å²) < 4.78 is 8.64. The topological polar surface area (TPSA) is 39.1 Å². The van der Waals surface area contributed by atoms with Gasteiger partial charge in [0.25, 0.3) is 0 Å². The molecule has 4 nitrogen and oxygen atoms in total. The van der Waals surface area contributed by atoms with Crippen molar-refractivity contribution in [3.63, 3.8) is 0 Å². The van der Waals surface area contributed by atoms with E-state index in [2.05, 4.69) is 16.8 Å². The molecule has 2 saturated heterocycles. The average Bonchev–Trinajstić information content (AvgIpc) is 3.11. The molecule has 0 spiro atoms. The predicted octanol–water partition coefficient (Wildman–Crippen LogP) is 1.97. The van der Waals surface area contributed by atoms with E-state index >= 15 is 0 Å². The maximum Gasteiger partial charge on any atom is 0.109 e. The molecule has 4 rings (SSSR count). The molecule has 3 aliphatic rings. The van der Waals surface area contributed by atoms with Crippen molar-refractivity contribution in [2.24, 2.45) is 0 Å². The first-order valence-electron chi connectivity index (χ1n) is 7.82. The zero-order valence-corrected chi connectivity index (χ0v) is 11.7. The Morgan fingerprint density at radius 3 is 3.11 bits per heavy atom. The summed E-state index contributed by atoms with van der Waals surface area (Å²) in [7, 11) is 0. The van der Waals surface area contributed by atoms with Crippen LogP contribution < -0.4 is 5.32 Å². The van der Waals surface area contributed by atoms with Gasteiger partial charge >= 0.3 is 0 Å². The van der Waals surface area contributed by atoms with E-state index in [9.17, 15) is 0 Å². The summed E-state index contributed by atoms with van der Waals surface area (Å²) in [5.74, 6) is 1.30. The van der Waals surface area contributed by atoms with E-state index in [1.807, 2.05) is 0 Å². The summed E-state index contributed by atoms with van der Waals surface area (Å²) in [5.41, 5.74) is 2.78. The van der Waals surface area contributed by atoms with Crippen molar-refractivity contribution in [2.45, 2.75) is 70.2 Å². The molecule has 19 heavy (non-hydrogen) atoms. The number of hydrogen-bond acceptors (Lipinski definition) is 3. The zero-order valence-electron chi connectivity index (χ0n) is 11.7. The highest BCUT2D eigenvalue weighted by Gasteiger charge is 2.43. The van der Waals surface area contributed by atoms with E-state index in [4.69, 9.17) is 9.72 Å². The summed E-state index contributed by atoms with van der Waals surface area (Å²) in [6.45, 7) is 4.28. The monoisotopic (exact) mass is 261 g/mol. The minimum absolute atomic E-state index is 0.453. The Labute approximate surface area is 114 Å². The maximum atomic E-state index is 6.07. The molecule has 1 aromatic heterocycles. The summed E-state index contributed by atoms with van der Waals surface area (Å²) >= 11 is 0. The molecule has 0 amide bonds. The van der Waals surface area contributed by atoms with Gasteiger partial charge in [0.05, 0.1) is 23.9 Å². The first-order chi connectivity index (χ1) is 9.36. The fourth-order valence-electron chi connectivity index (χ4n) is 4.06. The summed E-state index contributed by atoms with van der Waals surface area (Å²) in [6.07, 6.45) is 8.08. The predicted molar refractivity (Wildman–Crippen MR) is 73.2 cm³/mol. The quantitative estimate of drug-likeness (QED) is 0.904. The second-order valence-corrected chi connectivity index (χ2v) is 6.15. The van der Waals surface area contributed by atoms with Gasteiger partial charge in [0.1, 0.15) is 5.82 Å². The number of imidazole rings is 1. The smallest absolute Gasteiger partial charge is 0.109 e. The molecule has 1 N–H and O–H groups in total. The van der Waals surface area contributed by atoms with Crippen molar-refractivity contribution >= 4 is 0 Å². The molecular formula is C15H23N3O. The number of aromatic nitrogens is 2. The Balaban J connectivity index is 1.74. The molecular weight excluding hydrogens is 238 g/mol. The largest absolute Gasteiger partial charge is 0.373 e. The Morgan fingerprint density at radius 2 is 2.37 bits per heavy atom. The molecule has 3 unspecified atom stereocenters. The number of fused-ring (bicyclic) bond motifs is 3. The summed E-state index contributed by atoms with van der Waals surface area (Å²) in [6, 6.07) is 0.564. The lowest BCUT2D eigenvalue weighted by Crippen LogP contribution is -2.29. The molecule has 1 aromatic rings. The Morgan fingerprint density at radius 1 is 1.42 bits per heavy atom. The lowest BCUT2D eigenvalue weighted by Gasteiger charge is -2.26. The normalized spacial score (nSPS) is 32.8. The van der Waals surface area contributed by atoms with E-state index < -0.39 is 0 Å². The van der Waals surface area contributed by atoms with Gasteiger partial charge in [0, 0.05) is 31.6 Å². The third kappa shape index (κ3) is 1.84. The van der Waals surface area contributed by atoms with Crippen LogP contribution in [0.3, 0.4) is 0 Å². The van der Waals surface area contributed by atoms with Crippen LogP contribution in [0.15, 0.2) is 0 Å². The lowest BCUT2D eigenvalue weighted by molar-refractivity contribution is 0.0930. The van der Waals surface area contributed by atoms with Gasteiger partial charge in [0.2, 0.25) is 0 Å². The van der Waals surface area contributed by atoms with Gasteiger partial charge in [-0.15, -0.1) is 0 Å². The third-order valence-corrected chi connectivity index (χ3v) is 4.88. The average molecular weight is 261 g/mol. The fraction of sp³-hybridized carbons (Fsp3) is 0.800. The number of nitrogens with one attached hydrogen (secondary N) is 1. The van der Waals surface area contributed by atoms with Crippen LogP contribution in [0.1, 0.15) is 55.9 Å². The van der Waals surface area contributed by atoms with Gasteiger partial charge in [-0.3, -0.25) is 0 Å². The molecule has 2 fully saturated rings. The van der Waals surface area contributed by atoms with Crippen LogP contribution in [-0.2, 0) is 24.1 Å². The number of hydrogen-bond donors (Lipinski definition) is 1. The van der Waals surface area contributed by atoms with Crippen LogP contribution in [0.25, 0.3) is 0 Å². The molecule has 4 heteroatoms. The molecule has 3 atom stereocenters. The van der Waals surface area contributed by atoms with Crippen molar-refractivity contribution in [2.75, 3.05) is 6.54 Å². The number of nitrogens with zero attached hydrogens (tertiary/aromatic N) is 2. The number of aryl methyl sites for hydroxylation is 1. The van der Waals surface area contributed by atoms with Gasteiger partial charge in [-0.25, -0.2) is 4.98 Å². The molecule has 0 radical (unpaired) electrons. The van der Waals surface area contributed by atoms with Gasteiger partial charge < -0.3 is 14.6 Å². The van der Waals surface area contributed by atoms with Crippen LogP contribution in [-0.4, -0.2) is 28.3 Å². The maximum absolute atomic E-state index is 6.07. The fourth-order valence-corrected chi connectivity index (χ4v) is 4.06. The lowest BCUT2D eigenvalue weighted by atomic mass is 9.94. The van der Waals surface area contributed by atoms with Crippen LogP contribution in [0.4, 0.5) is 0 Å². The summed E-state index contributed by atoms with van der Waals surface area (Å²) in [5, 5.41) is 3.44. The van der Waals surface area contributed by atoms with Crippen molar-refractivity contribution in [3.05, 3.63) is 17.2 Å². The molecule has 0 saturated carbocycles. The van der Waals surface area contributed by atoms with E-state index in [-0.39, 0.29) is 0 Å². The van der Waals surface area contributed by atoms with Crippen molar-refractivity contribution < 1.29 is 4.74 Å². The molecule has 104 valence electrons. The van der Waals surface area contributed by atoms with E-state index in [0.29, 0.717) is 18.2 Å². The van der Waals surface area contributed by atoms with Crippen molar-refractivity contribution in [3.8, 4) is 0 Å². The van der Waals surface area contributed by atoms with Gasteiger partial charge in [0.15, 0.2) is 0 Å². The third-order valence-electron chi connectivity index (χ3n) is 4.88. The van der Waals surface area contributed by atoms with Crippen LogP contribution in [0.5, 0.6) is 0 Å². The molecule has 3 aliphatic heterocycles. The zero-order chi connectivity index (χ0) is 12.8. The molecule has 2 bridgehead atoms. The van der Waals surface area contributed by atoms with E-state index in [1.165, 1.54) is 42.9 Å². The van der Waals surface area contributed by atoms with Gasteiger partial charge in [-0.05, 0) is 25.7 Å². The van der Waals surface area contributed by atoms with Crippen LogP contribution >= 0.6 is 0 Å². The number of rotatable bonds is 3. The van der Waals surface area contributed by atoms with Crippen LogP contribution in [0, 0.1) is 0 Å². The SMILES string of the molecule is CCCc1nc2c(n1C1CC3CCC1O3)CCNC2. The summed E-state index contributed by atoms with van der Waals surface area (Å²) in [4.78, 5) is 4.91. The molecule has 0 aromatic carbocycles. The van der Waals surface area contributed by atoms with Crippen molar-refractivity contribution in [1.82, 2.24) is 14.9 Å². The first-order valence-corrected chi connectivity index (χ1v) is 7.82. The molecule has 4 heterocycles. The Kier molecular flexibility index (Phi) is 2.88. The minimum Gasteiger partial charge on any atom is -0.373 e. The van der Waals surface area contributed by atoms with Gasteiger partial charge in [-0.2, -0.15) is 0 Å².